The third-order valence-corrected chi connectivity index (χ3v) is 3.30. The Morgan fingerprint density at radius 3 is 2.95 bits per heavy atom. The molecular weight excluding hydrogens is 238 g/mol. The summed E-state index contributed by atoms with van der Waals surface area (Å²) in [5.74, 6) is 0.0886. The van der Waals surface area contributed by atoms with Gasteiger partial charge in [-0.3, -0.25) is 4.79 Å². The Balaban J connectivity index is 1.93. The molecule has 0 saturated heterocycles. The molecule has 0 radical (unpaired) electrons. The maximum Gasteiger partial charge on any atom is 0.220 e. The van der Waals surface area contributed by atoms with Gasteiger partial charge in [-0.05, 0) is 31.0 Å². The highest BCUT2D eigenvalue weighted by Crippen LogP contribution is 2.20. The average molecular weight is 259 g/mol. The van der Waals surface area contributed by atoms with Gasteiger partial charge < -0.3 is 15.6 Å². The molecule has 0 spiro atoms. The molecule has 1 amide bonds. The minimum absolute atomic E-state index is 0.0886. The molecule has 0 bridgehead atoms. The lowest BCUT2D eigenvalue weighted by atomic mass is 10.1. The van der Waals surface area contributed by atoms with E-state index in [1.165, 1.54) is 16.5 Å². The molecule has 2 rings (SSSR count). The maximum atomic E-state index is 11.5. The molecule has 0 saturated carbocycles. The van der Waals surface area contributed by atoms with Gasteiger partial charge in [0.05, 0.1) is 0 Å². The fourth-order valence-corrected chi connectivity index (χ4v) is 2.31. The molecule has 0 aliphatic rings. The highest BCUT2D eigenvalue weighted by molar-refractivity contribution is 5.84. The van der Waals surface area contributed by atoms with Gasteiger partial charge in [0.25, 0.3) is 0 Å². The van der Waals surface area contributed by atoms with Gasteiger partial charge >= 0.3 is 0 Å². The van der Waals surface area contributed by atoms with Crippen molar-refractivity contribution in [2.24, 2.45) is 12.8 Å². The molecule has 0 aliphatic carbocycles. The number of amides is 1. The van der Waals surface area contributed by atoms with Gasteiger partial charge in [-0.25, -0.2) is 0 Å². The Morgan fingerprint density at radius 1 is 1.37 bits per heavy atom. The van der Waals surface area contributed by atoms with Gasteiger partial charge in [0.15, 0.2) is 0 Å². The van der Waals surface area contributed by atoms with E-state index >= 15 is 0 Å². The molecule has 0 fully saturated rings. The molecule has 0 atom stereocenters. The van der Waals surface area contributed by atoms with E-state index < -0.39 is 0 Å². The summed E-state index contributed by atoms with van der Waals surface area (Å²) in [6.07, 6.45) is 4.26. The Bertz CT molecular complexity index is 560. The van der Waals surface area contributed by atoms with Crippen LogP contribution in [0.15, 0.2) is 30.5 Å². The van der Waals surface area contributed by atoms with Crippen LogP contribution in [-0.4, -0.2) is 23.6 Å². The monoisotopic (exact) mass is 259 g/mol. The number of aromatic nitrogens is 1. The number of nitrogens with two attached hydrogens (primary N) is 1. The van der Waals surface area contributed by atoms with Crippen molar-refractivity contribution < 1.29 is 4.79 Å². The van der Waals surface area contributed by atoms with E-state index in [0.29, 0.717) is 19.5 Å². The van der Waals surface area contributed by atoms with E-state index in [4.69, 9.17) is 5.73 Å². The van der Waals surface area contributed by atoms with Crippen molar-refractivity contribution in [3.63, 3.8) is 0 Å². The van der Waals surface area contributed by atoms with E-state index in [1.807, 2.05) is 19.2 Å². The summed E-state index contributed by atoms with van der Waals surface area (Å²) in [6, 6.07) is 8.33. The highest BCUT2D eigenvalue weighted by Gasteiger charge is 2.06. The predicted molar refractivity (Wildman–Crippen MR) is 77.9 cm³/mol. The Labute approximate surface area is 113 Å². The Kier molecular flexibility index (Phi) is 4.58. The molecule has 1 aromatic heterocycles. The minimum Gasteiger partial charge on any atom is -0.356 e. The van der Waals surface area contributed by atoms with Crippen LogP contribution in [0.3, 0.4) is 0 Å². The van der Waals surface area contributed by atoms with Crippen LogP contribution < -0.4 is 11.1 Å². The van der Waals surface area contributed by atoms with Crippen molar-refractivity contribution in [2.45, 2.75) is 19.3 Å². The second kappa shape index (κ2) is 6.38. The van der Waals surface area contributed by atoms with Gasteiger partial charge in [0.1, 0.15) is 0 Å². The van der Waals surface area contributed by atoms with E-state index in [9.17, 15) is 4.79 Å². The van der Waals surface area contributed by atoms with Crippen molar-refractivity contribution in [3.8, 4) is 0 Å². The van der Waals surface area contributed by atoms with Crippen molar-refractivity contribution in [1.82, 2.24) is 9.88 Å². The summed E-state index contributed by atoms with van der Waals surface area (Å²) < 4.78 is 2.13. The number of rotatable bonds is 6. The van der Waals surface area contributed by atoms with Gasteiger partial charge in [-0.15, -0.1) is 0 Å². The standard InChI is InChI=1S/C15H21N3O/c1-18-11-12(13-5-2-3-6-14(13)18)8-10-17-15(19)7-4-9-16/h2-3,5-6,11H,4,7-10,16H2,1H3,(H,17,19). The van der Waals surface area contributed by atoms with Gasteiger partial charge in [0, 0.05) is 37.1 Å². The number of nitrogens with zero attached hydrogens (tertiary/aromatic N) is 1. The van der Waals surface area contributed by atoms with Gasteiger partial charge in [-0.2, -0.15) is 0 Å². The zero-order valence-corrected chi connectivity index (χ0v) is 11.4. The number of fused-ring (bicyclic) bond motifs is 1. The molecule has 1 heterocycles. The fraction of sp³-hybridized carbons (Fsp3) is 0.400. The summed E-state index contributed by atoms with van der Waals surface area (Å²) >= 11 is 0. The zero-order valence-electron chi connectivity index (χ0n) is 11.4. The first-order valence-electron chi connectivity index (χ1n) is 6.72. The number of para-hydroxylation sites is 1. The number of carbonyl (C=O) groups excluding carboxylic acids is 1. The summed E-state index contributed by atoms with van der Waals surface area (Å²) in [5, 5.41) is 4.20. The van der Waals surface area contributed by atoms with Gasteiger partial charge in [0.2, 0.25) is 5.91 Å². The van der Waals surface area contributed by atoms with E-state index in [-0.39, 0.29) is 5.91 Å². The summed E-state index contributed by atoms with van der Waals surface area (Å²) in [4.78, 5) is 11.5. The SMILES string of the molecule is Cn1cc(CCNC(=O)CCCN)c2ccccc21. The summed E-state index contributed by atoms with van der Waals surface area (Å²) in [6.45, 7) is 1.24. The van der Waals surface area contributed by atoms with Crippen LogP contribution in [0.4, 0.5) is 0 Å². The fourth-order valence-electron chi connectivity index (χ4n) is 2.31. The quantitative estimate of drug-likeness (QED) is 0.827. The smallest absolute Gasteiger partial charge is 0.220 e. The van der Waals surface area contributed by atoms with Crippen molar-refractivity contribution in [2.75, 3.05) is 13.1 Å². The van der Waals surface area contributed by atoms with Crippen molar-refractivity contribution in [3.05, 3.63) is 36.0 Å². The van der Waals surface area contributed by atoms with Crippen LogP contribution in [-0.2, 0) is 18.3 Å². The lowest BCUT2D eigenvalue weighted by molar-refractivity contribution is -0.121. The molecule has 102 valence electrons. The Morgan fingerprint density at radius 2 is 2.16 bits per heavy atom. The molecule has 2 aromatic rings. The lowest BCUT2D eigenvalue weighted by Crippen LogP contribution is -2.25. The molecule has 1 aromatic carbocycles. The Hall–Kier alpha value is -1.81. The van der Waals surface area contributed by atoms with Crippen molar-refractivity contribution >= 4 is 16.8 Å². The van der Waals surface area contributed by atoms with Crippen LogP contribution in [0, 0.1) is 0 Å². The third kappa shape index (κ3) is 3.35. The second-order valence-corrected chi connectivity index (χ2v) is 4.77. The molecule has 3 N–H and O–H groups in total. The maximum absolute atomic E-state index is 11.5. The molecule has 4 nitrogen and oxygen atoms in total. The summed E-state index contributed by atoms with van der Waals surface area (Å²) in [5.41, 5.74) is 7.88. The number of nitrogens with one attached hydrogen (secondary N) is 1. The zero-order chi connectivity index (χ0) is 13.7. The normalized spacial score (nSPS) is 10.8. The molecule has 0 aliphatic heterocycles. The van der Waals surface area contributed by atoms with Gasteiger partial charge in [-0.1, -0.05) is 18.2 Å². The highest BCUT2D eigenvalue weighted by atomic mass is 16.1. The lowest BCUT2D eigenvalue weighted by Gasteiger charge is -2.04. The number of aryl methyl sites for hydroxylation is 1. The van der Waals surface area contributed by atoms with Crippen LogP contribution >= 0.6 is 0 Å². The first kappa shape index (κ1) is 13.6. The molecular formula is C15H21N3O. The number of hydrogen-bond acceptors (Lipinski definition) is 2. The molecule has 0 unspecified atom stereocenters. The largest absolute Gasteiger partial charge is 0.356 e. The van der Waals surface area contributed by atoms with E-state index in [0.717, 1.165) is 12.8 Å². The van der Waals surface area contributed by atoms with Crippen LogP contribution in [0.2, 0.25) is 0 Å². The van der Waals surface area contributed by atoms with E-state index in [2.05, 4.69) is 28.2 Å². The number of carbonyl (C=O) groups is 1. The average Bonchev–Trinajstić information content (AvgIpc) is 2.74. The topological polar surface area (TPSA) is 60.0 Å². The third-order valence-electron chi connectivity index (χ3n) is 3.30. The second-order valence-electron chi connectivity index (χ2n) is 4.77. The van der Waals surface area contributed by atoms with Crippen molar-refractivity contribution in [1.29, 1.82) is 0 Å². The first-order valence-corrected chi connectivity index (χ1v) is 6.72. The number of benzene rings is 1. The van der Waals surface area contributed by atoms with Crippen LogP contribution in [0.25, 0.3) is 10.9 Å². The first-order chi connectivity index (χ1) is 9.22. The molecule has 4 heteroatoms. The summed E-state index contributed by atoms with van der Waals surface area (Å²) in [7, 11) is 2.05. The minimum atomic E-state index is 0.0886. The van der Waals surface area contributed by atoms with E-state index in [1.54, 1.807) is 0 Å². The van der Waals surface area contributed by atoms with Crippen LogP contribution in [0.5, 0.6) is 0 Å². The number of hydrogen-bond donors (Lipinski definition) is 2. The predicted octanol–water partition coefficient (Wildman–Crippen LogP) is 1.58. The molecule has 19 heavy (non-hydrogen) atoms. The van der Waals surface area contributed by atoms with Crippen LogP contribution in [0.1, 0.15) is 18.4 Å².